The molecule has 5 amide bonds. The Morgan fingerprint density at radius 2 is 1.62 bits per heavy atom. The molecule has 0 unspecified atom stereocenters. The third kappa shape index (κ3) is 8.48. The van der Waals surface area contributed by atoms with Crippen molar-refractivity contribution in [2.24, 2.45) is 16.7 Å². The van der Waals surface area contributed by atoms with Gasteiger partial charge in [0.15, 0.2) is 0 Å². The van der Waals surface area contributed by atoms with Gasteiger partial charge >= 0.3 is 0 Å². The summed E-state index contributed by atoms with van der Waals surface area (Å²) in [6.07, 6.45) is 6.68. The second kappa shape index (κ2) is 17.8. The maximum absolute atomic E-state index is 13.5. The Balaban J connectivity index is 0.802. The minimum Gasteiger partial charge on any atom is -0.495 e. The maximum Gasteiger partial charge on any atom is 0.271 e. The van der Waals surface area contributed by atoms with E-state index in [-0.39, 0.29) is 53.8 Å². The van der Waals surface area contributed by atoms with Gasteiger partial charge in [0, 0.05) is 81.5 Å². The Bertz CT molecular complexity index is 2330. The van der Waals surface area contributed by atoms with Crippen molar-refractivity contribution in [1.29, 1.82) is 5.26 Å². The molecule has 64 heavy (non-hydrogen) atoms. The van der Waals surface area contributed by atoms with Crippen molar-refractivity contribution in [1.82, 2.24) is 30.4 Å². The fourth-order valence-electron chi connectivity index (χ4n) is 10.5. The quantitative estimate of drug-likeness (QED) is 0.206. The van der Waals surface area contributed by atoms with E-state index in [1.807, 2.05) is 0 Å². The summed E-state index contributed by atoms with van der Waals surface area (Å²) in [6.45, 7) is 12.2. The second-order valence-electron chi connectivity index (χ2n) is 18.7. The van der Waals surface area contributed by atoms with Crippen molar-refractivity contribution in [3.8, 4) is 23.3 Å². The third-order valence-electron chi connectivity index (χ3n) is 13.8. The number of hydrogen-bond donors (Lipinski definition) is 2. The number of ether oxygens (including phenoxy) is 4. The van der Waals surface area contributed by atoms with Gasteiger partial charge in [0.1, 0.15) is 53.1 Å². The van der Waals surface area contributed by atoms with Gasteiger partial charge in [-0.05, 0) is 55.5 Å². The molecule has 2 aliphatic carbocycles. The molecular weight excluding hydrogens is 821 g/mol. The van der Waals surface area contributed by atoms with Gasteiger partial charge in [0.2, 0.25) is 11.8 Å². The summed E-state index contributed by atoms with van der Waals surface area (Å²) in [7, 11) is 3.23. The van der Waals surface area contributed by atoms with Crippen LogP contribution >= 0.6 is 0 Å². The molecule has 0 radical (unpaired) electrons. The normalized spacial score (nSPS) is 24.9. The highest BCUT2D eigenvalue weighted by atomic mass is 16.5. The Labute approximate surface area is 372 Å². The number of aromatic nitrogens is 2. The lowest BCUT2D eigenvalue weighted by molar-refractivity contribution is -0.164. The molecule has 8 rings (SSSR count). The third-order valence-corrected chi connectivity index (χ3v) is 13.8. The number of carbonyl (C=O) groups excluding carboxylic acids is 5. The number of nitrogens with one attached hydrogen (secondary N) is 2. The molecule has 5 aliphatic rings. The van der Waals surface area contributed by atoms with Crippen molar-refractivity contribution in [3.63, 3.8) is 0 Å². The average molecular weight is 877 g/mol. The zero-order chi connectivity index (χ0) is 45.5. The molecule has 0 spiro atoms. The largest absolute Gasteiger partial charge is 0.495 e. The monoisotopic (exact) mass is 876 g/mol. The second-order valence-corrected chi connectivity index (χ2v) is 18.7. The smallest absolute Gasteiger partial charge is 0.271 e. The first-order chi connectivity index (χ1) is 30.6. The van der Waals surface area contributed by atoms with Crippen LogP contribution in [-0.4, -0.2) is 127 Å². The van der Waals surface area contributed by atoms with Crippen LogP contribution in [0.4, 0.5) is 5.82 Å². The van der Waals surface area contributed by atoms with E-state index in [1.165, 1.54) is 7.11 Å². The molecule has 3 aliphatic heterocycles. The Morgan fingerprint density at radius 1 is 0.922 bits per heavy atom. The molecule has 1 atom stereocenters. The SMILES string of the molecule is COCCN(CC1CCN(c2cnc(C(=O)NC3C(C)(C)C(Oc4ccc(C#N)c(OC)c4)C3(C)C)cn2)CC1)C1CC(Oc2ccc3c(c2)C(=O)N([C@@H]2CCC(=O)NC2=O)C3=O)C1. The molecule has 17 nitrogen and oxygen atoms in total. The van der Waals surface area contributed by atoms with Crippen molar-refractivity contribution in [2.75, 3.05) is 51.9 Å². The van der Waals surface area contributed by atoms with Crippen molar-refractivity contribution < 1.29 is 42.9 Å². The molecule has 2 aromatic carbocycles. The fourth-order valence-corrected chi connectivity index (χ4v) is 10.5. The van der Waals surface area contributed by atoms with E-state index < -0.39 is 40.5 Å². The molecule has 2 saturated heterocycles. The average Bonchev–Trinajstić information content (AvgIpc) is 3.51. The number of nitrogens with zero attached hydrogens (tertiary/aromatic N) is 6. The predicted molar refractivity (Wildman–Crippen MR) is 232 cm³/mol. The van der Waals surface area contributed by atoms with Crippen LogP contribution in [0, 0.1) is 28.1 Å². The van der Waals surface area contributed by atoms with Gasteiger partial charge in [-0.3, -0.25) is 39.1 Å². The number of fused-ring (bicyclic) bond motifs is 1. The van der Waals surface area contributed by atoms with Crippen LogP contribution in [0.2, 0.25) is 0 Å². The van der Waals surface area contributed by atoms with Gasteiger partial charge < -0.3 is 29.2 Å². The molecule has 0 bridgehead atoms. The number of imide groups is 2. The molecule has 17 heteroatoms. The molecule has 3 aromatic rings. The Morgan fingerprint density at radius 3 is 2.28 bits per heavy atom. The highest BCUT2D eigenvalue weighted by molar-refractivity contribution is 6.23. The van der Waals surface area contributed by atoms with Crippen LogP contribution in [0.3, 0.4) is 0 Å². The molecule has 4 heterocycles. The zero-order valence-electron chi connectivity index (χ0n) is 37.2. The van der Waals surface area contributed by atoms with Crippen LogP contribution in [0.5, 0.6) is 17.2 Å². The van der Waals surface area contributed by atoms with Crippen LogP contribution < -0.4 is 29.7 Å². The van der Waals surface area contributed by atoms with E-state index >= 15 is 0 Å². The topological polar surface area (TPSA) is 206 Å². The number of benzene rings is 2. The van der Waals surface area contributed by atoms with E-state index in [1.54, 1.807) is 55.9 Å². The van der Waals surface area contributed by atoms with Gasteiger partial charge in [-0.2, -0.15) is 5.26 Å². The van der Waals surface area contributed by atoms with Gasteiger partial charge in [-0.15, -0.1) is 0 Å². The highest BCUT2D eigenvalue weighted by Crippen LogP contribution is 2.55. The first kappa shape index (κ1) is 44.5. The number of nitriles is 1. The van der Waals surface area contributed by atoms with Gasteiger partial charge in [-0.1, -0.05) is 27.7 Å². The van der Waals surface area contributed by atoms with E-state index in [0.717, 1.165) is 62.6 Å². The molecule has 338 valence electrons. The lowest BCUT2D eigenvalue weighted by Crippen LogP contribution is -2.74. The summed E-state index contributed by atoms with van der Waals surface area (Å²) in [5, 5.41) is 14.8. The van der Waals surface area contributed by atoms with Crippen LogP contribution in [0.1, 0.15) is 103 Å². The van der Waals surface area contributed by atoms with Crippen LogP contribution in [0.15, 0.2) is 48.8 Å². The molecule has 4 fully saturated rings. The number of rotatable bonds is 15. The number of hydrogen-bond acceptors (Lipinski definition) is 14. The van der Waals surface area contributed by atoms with Gasteiger partial charge in [-0.25, -0.2) is 9.97 Å². The summed E-state index contributed by atoms with van der Waals surface area (Å²) in [5.41, 5.74) is 0.281. The number of methoxy groups -OCH3 is 2. The molecule has 2 N–H and O–H groups in total. The molecule has 2 saturated carbocycles. The molecular formula is C47H56N8O9. The Hall–Kier alpha value is -6.12. The predicted octanol–water partition coefficient (Wildman–Crippen LogP) is 4.14. The number of amides is 5. The lowest BCUT2D eigenvalue weighted by Gasteiger charge is -2.63. The maximum atomic E-state index is 13.5. The number of piperidine rings is 2. The highest BCUT2D eigenvalue weighted by Gasteiger charge is 2.64. The first-order valence-electron chi connectivity index (χ1n) is 22.0. The summed E-state index contributed by atoms with van der Waals surface area (Å²) in [6, 6.07) is 11.2. The summed E-state index contributed by atoms with van der Waals surface area (Å²) >= 11 is 0. The summed E-state index contributed by atoms with van der Waals surface area (Å²) in [4.78, 5) is 78.9. The lowest BCUT2D eigenvalue weighted by atomic mass is 9.49. The molecule has 1 aromatic heterocycles. The van der Waals surface area contributed by atoms with Crippen LogP contribution in [-0.2, 0) is 14.3 Å². The van der Waals surface area contributed by atoms with E-state index in [2.05, 4.69) is 64.2 Å². The van der Waals surface area contributed by atoms with Gasteiger partial charge in [0.25, 0.3) is 17.7 Å². The van der Waals surface area contributed by atoms with E-state index in [0.29, 0.717) is 41.4 Å². The standard InChI is InChI=1S/C47H56N8O9/c1-46(2)44(47(3,4)45(46)64-31-8-7-28(23-48)37(22-31)62-6)52-40(57)35-24-50-38(25-49-35)53-15-13-27(14-16-53)26-54(17-18-61-5)29-19-32(20-29)63-30-9-10-33-34(21-30)43(60)55(42(33)59)36-11-12-39(56)51-41(36)58/h7-10,21-22,24-25,27,29,32,36,44-45H,11-20,26H2,1-6H3,(H,52,57)(H,51,56,58)/t29?,32?,36-,44?,45?/m1/s1. The fraction of sp³-hybridized carbons (Fsp3) is 0.532. The van der Waals surface area contributed by atoms with Crippen molar-refractivity contribution in [3.05, 3.63) is 71.2 Å². The minimum absolute atomic E-state index is 0.0558. The van der Waals surface area contributed by atoms with Crippen molar-refractivity contribution >= 4 is 35.4 Å². The van der Waals surface area contributed by atoms with Crippen molar-refractivity contribution in [2.45, 2.75) is 96.6 Å². The van der Waals surface area contributed by atoms with E-state index in [4.69, 9.17) is 18.9 Å². The van der Waals surface area contributed by atoms with Crippen LogP contribution in [0.25, 0.3) is 0 Å². The van der Waals surface area contributed by atoms with Gasteiger partial charge in [0.05, 0.1) is 42.8 Å². The minimum atomic E-state index is -1.02. The zero-order valence-corrected chi connectivity index (χ0v) is 37.2. The number of carbonyl (C=O) groups is 5. The number of anilines is 1. The Kier molecular flexibility index (Phi) is 12.4. The summed E-state index contributed by atoms with van der Waals surface area (Å²) < 4.78 is 23.6. The van der Waals surface area contributed by atoms with E-state index in [9.17, 15) is 29.2 Å². The summed E-state index contributed by atoms with van der Waals surface area (Å²) in [5.74, 6) is 0.302. The first-order valence-corrected chi connectivity index (χ1v) is 22.0.